The molecule has 3 nitrogen and oxygen atoms in total. The molecule has 1 saturated carbocycles. The van der Waals surface area contributed by atoms with Gasteiger partial charge in [-0.2, -0.15) is 0 Å². The number of carboxylic acids is 1. The highest BCUT2D eigenvalue weighted by Gasteiger charge is 2.42. The number of rotatable bonds is 3. The molecule has 106 valence electrons. The van der Waals surface area contributed by atoms with Crippen molar-refractivity contribution in [3.8, 4) is 0 Å². The van der Waals surface area contributed by atoms with E-state index < -0.39 is 17.5 Å². The van der Waals surface area contributed by atoms with Crippen molar-refractivity contribution in [1.82, 2.24) is 0 Å². The van der Waals surface area contributed by atoms with E-state index in [1.54, 1.807) is 0 Å². The van der Waals surface area contributed by atoms with Gasteiger partial charge < -0.3 is 10.2 Å². The minimum Gasteiger partial charge on any atom is -0.481 e. The van der Waals surface area contributed by atoms with Gasteiger partial charge in [-0.3, -0.25) is 4.79 Å². The van der Waals surface area contributed by atoms with Crippen molar-refractivity contribution in [3.63, 3.8) is 0 Å². The van der Waals surface area contributed by atoms with Crippen LogP contribution in [0.5, 0.6) is 0 Å². The Morgan fingerprint density at radius 1 is 1.33 bits per heavy atom. The van der Waals surface area contributed by atoms with E-state index in [9.17, 15) is 15.0 Å². The Morgan fingerprint density at radius 3 is 2.39 bits per heavy atom. The van der Waals surface area contributed by atoms with Gasteiger partial charge in [0.15, 0.2) is 0 Å². The molecule has 3 heteroatoms. The van der Waals surface area contributed by atoms with Crippen LogP contribution in [0.2, 0.25) is 0 Å². The molecule has 1 aliphatic carbocycles. The Hall–Kier alpha value is -0.570. The lowest BCUT2D eigenvalue weighted by atomic mass is 9.75. The zero-order valence-electron chi connectivity index (χ0n) is 12.2. The quantitative estimate of drug-likeness (QED) is 0.760. The second-order valence-electron chi connectivity index (χ2n) is 6.90. The first-order chi connectivity index (χ1) is 8.20. The molecule has 0 amide bonds. The van der Waals surface area contributed by atoms with Gasteiger partial charge in [0.05, 0.1) is 11.5 Å². The zero-order chi connectivity index (χ0) is 14.0. The fourth-order valence-corrected chi connectivity index (χ4v) is 3.35. The molecule has 1 aliphatic rings. The molecule has 1 rings (SSSR count). The minimum atomic E-state index is -0.999. The van der Waals surface area contributed by atoms with E-state index in [2.05, 4.69) is 20.8 Å². The average Bonchev–Trinajstić information content (AvgIpc) is 2.40. The smallest absolute Gasteiger partial charge is 0.309 e. The first kappa shape index (κ1) is 15.5. The van der Waals surface area contributed by atoms with Crippen molar-refractivity contribution >= 4 is 5.97 Å². The topological polar surface area (TPSA) is 57.5 Å². The van der Waals surface area contributed by atoms with E-state index >= 15 is 0 Å². The largest absolute Gasteiger partial charge is 0.481 e. The lowest BCUT2D eigenvalue weighted by Gasteiger charge is -2.33. The maximum Gasteiger partial charge on any atom is 0.309 e. The van der Waals surface area contributed by atoms with E-state index in [0.29, 0.717) is 25.2 Å². The summed E-state index contributed by atoms with van der Waals surface area (Å²) in [7, 11) is 0. The molecule has 3 unspecified atom stereocenters. The molecule has 18 heavy (non-hydrogen) atoms. The Morgan fingerprint density at radius 2 is 1.94 bits per heavy atom. The summed E-state index contributed by atoms with van der Waals surface area (Å²) in [5.41, 5.74) is -0.753. The van der Waals surface area contributed by atoms with Gasteiger partial charge in [0.1, 0.15) is 0 Å². The van der Waals surface area contributed by atoms with E-state index in [1.807, 2.05) is 6.92 Å². The van der Waals surface area contributed by atoms with Crippen LogP contribution in [0.4, 0.5) is 0 Å². The summed E-state index contributed by atoms with van der Waals surface area (Å²) in [6, 6.07) is 0. The predicted molar refractivity (Wildman–Crippen MR) is 72.4 cm³/mol. The second-order valence-corrected chi connectivity index (χ2v) is 6.90. The average molecular weight is 256 g/mol. The number of carbonyl (C=O) groups is 1. The van der Waals surface area contributed by atoms with Crippen LogP contribution in [0.25, 0.3) is 0 Å². The van der Waals surface area contributed by atoms with Crippen LogP contribution in [-0.4, -0.2) is 21.8 Å². The molecule has 0 aromatic rings. The van der Waals surface area contributed by atoms with E-state index in [-0.39, 0.29) is 5.41 Å². The number of aliphatic carboxylic acids is 1. The highest BCUT2D eigenvalue weighted by atomic mass is 16.4. The van der Waals surface area contributed by atoms with Crippen LogP contribution in [0.1, 0.15) is 66.2 Å². The third-order valence-corrected chi connectivity index (χ3v) is 4.67. The van der Waals surface area contributed by atoms with Gasteiger partial charge in [-0.1, -0.05) is 34.1 Å². The van der Waals surface area contributed by atoms with Crippen molar-refractivity contribution in [3.05, 3.63) is 0 Å². The Bertz CT molecular complexity index is 293. The molecule has 0 spiro atoms. The van der Waals surface area contributed by atoms with Crippen molar-refractivity contribution in [2.75, 3.05) is 0 Å². The molecule has 0 aromatic carbocycles. The molecular weight excluding hydrogens is 228 g/mol. The first-order valence-corrected chi connectivity index (χ1v) is 7.16. The van der Waals surface area contributed by atoms with Crippen molar-refractivity contribution in [1.29, 1.82) is 0 Å². The van der Waals surface area contributed by atoms with Gasteiger partial charge in [-0.05, 0) is 43.4 Å². The van der Waals surface area contributed by atoms with Gasteiger partial charge in [-0.15, -0.1) is 0 Å². The molecule has 0 saturated heterocycles. The van der Waals surface area contributed by atoms with Crippen molar-refractivity contribution in [2.24, 2.45) is 17.3 Å². The zero-order valence-corrected chi connectivity index (χ0v) is 12.2. The van der Waals surface area contributed by atoms with Gasteiger partial charge in [0, 0.05) is 0 Å². The summed E-state index contributed by atoms with van der Waals surface area (Å²) in [5, 5.41) is 19.9. The summed E-state index contributed by atoms with van der Waals surface area (Å²) in [4.78, 5) is 11.3. The third kappa shape index (κ3) is 3.47. The lowest BCUT2D eigenvalue weighted by molar-refractivity contribution is -0.153. The Labute approximate surface area is 111 Å². The van der Waals surface area contributed by atoms with Crippen molar-refractivity contribution < 1.29 is 15.0 Å². The van der Waals surface area contributed by atoms with Crippen LogP contribution in [-0.2, 0) is 4.79 Å². The molecule has 1 fully saturated rings. The molecule has 0 aromatic heterocycles. The van der Waals surface area contributed by atoms with Gasteiger partial charge >= 0.3 is 5.97 Å². The highest BCUT2D eigenvalue weighted by Crippen LogP contribution is 2.42. The van der Waals surface area contributed by atoms with Gasteiger partial charge in [0.25, 0.3) is 0 Å². The van der Waals surface area contributed by atoms with Crippen LogP contribution in [0.3, 0.4) is 0 Å². The summed E-state index contributed by atoms with van der Waals surface area (Å²) in [5.74, 6) is -0.886. The summed E-state index contributed by atoms with van der Waals surface area (Å²) >= 11 is 0. The van der Waals surface area contributed by atoms with Crippen LogP contribution in [0.15, 0.2) is 0 Å². The van der Waals surface area contributed by atoms with Crippen LogP contribution < -0.4 is 0 Å². The summed E-state index contributed by atoms with van der Waals surface area (Å²) in [6.07, 6.45) is 4.73. The molecule has 2 N–H and O–H groups in total. The second kappa shape index (κ2) is 5.60. The summed E-state index contributed by atoms with van der Waals surface area (Å²) < 4.78 is 0. The normalized spacial score (nSPS) is 31.7. The minimum absolute atomic E-state index is 0.246. The van der Waals surface area contributed by atoms with Gasteiger partial charge in [-0.25, -0.2) is 0 Å². The van der Waals surface area contributed by atoms with E-state index in [0.717, 1.165) is 19.3 Å². The SMILES string of the molecule is CCC(C(=O)O)C1(O)CCCC(C(C)(C)C)CC1. The monoisotopic (exact) mass is 256 g/mol. The van der Waals surface area contributed by atoms with Crippen LogP contribution >= 0.6 is 0 Å². The lowest BCUT2D eigenvalue weighted by Crippen LogP contribution is -2.41. The molecule has 0 bridgehead atoms. The molecule has 3 atom stereocenters. The molecule has 0 aliphatic heterocycles. The predicted octanol–water partition coefficient (Wildman–Crippen LogP) is 3.45. The molecule has 0 heterocycles. The van der Waals surface area contributed by atoms with E-state index in [4.69, 9.17) is 0 Å². The van der Waals surface area contributed by atoms with Gasteiger partial charge in [0.2, 0.25) is 0 Å². The molecule has 0 radical (unpaired) electrons. The number of aliphatic hydroxyl groups is 1. The van der Waals surface area contributed by atoms with E-state index in [1.165, 1.54) is 0 Å². The standard InChI is InChI=1S/C15H28O3/c1-5-12(13(16)17)15(18)9-6-7-11(8-10-15)14(2,3)4/h11-12,18H,5-10H2,1-4H3,(H,16,17). The third-order valence-electron chi connectivity index (χ3n) is 4.67. The number of hydrogen-bond acceptors (Lipinski definition) is 2. The number of carboxylic acid groups (broad SMARTS) is 1. The summed E-state index contributed by atoms with van der Waals surface area (Å²) in [6.45, 7) is 8.55. The molecular formula is C15H28O3. The number of hydrogen-bond donors (Lipinski definition) is 2. The fraction of sp³-hybridized carbons (Fsp3) is 0.933. The first-order valence-electron chi connectivity index (χ1n) is 7.16. The maximum absolute atomic E-state index is 11.3. The van der Waals surface area contributed by atoms with Crippen LogP contribution in [0, 0.1) is 17.3 Å². The Balaban J connectivity index is 2.79. The highest BCUT2D eigenvalue weighted by molar-refractivity contribution is 5.71. The fourth-order valence-electron chi connectivity index (χ4n) is 3.35. The Kier molecular flexibility index (Phi) is 4.82. The maximum atomic E-state index is 11.3. The van der Waals surface area contributed by atoms with Crippen molar-refractivity contribution in [2.45, 2.75) is 71.8 Å².